The van der Waals surface area contributed by atoms with E-state index in [1.165, 1.54) is 27.8 Å². The quantitative estimate of drug-likeness (QED) is 0.213. The zero-order valence-corrected chi connectivity index (χ0v) is 19.5. The molecule has 2 heteroatoms. The summed E-state index contributed by atoms with van der Waals surface area (Å²) in [6.45, 7) is 4.84. The fraction of sp³-hybridized carbons (Fsp3) is 0.226. The summed E-state index contributed by atoms with van der Waals surface area (Å²) in [4.78, 5) is 0. The predicted molar refractivity (Wildman–Crippen MR) is 139 cm³/mol. The van der Waals surface area contributed by atoms with E-state index in [4.69, 9.17) is 0 Å². The maximum absolute atomic E-state index is 3.98. The number of rotatable bonds is 11. The lowest BCUT2D eigenvalue weighted by Gasteiger charge is -2.37. The van der Waals surface area contributed by atoms with Gasteiger partial charge in [0.05, 0.1) is 5.54 Å². The number of aryl methyl sites for hydroxylation is 1. The first-order valence-corrected chi connectivity index (χ1v) is 12.0. The van der Waals surface area contributed by atoms with E-state index in [2.05, 4.69) is 133 Å². The first kappa shape index (κ1) is 23.0. The molecule has 0 amide bonds. The smallest absolute Gasteiger partial charge is 0.0948 e. The highest BCUT2D eigenvalue weighted by Gasteiger charge is 2.35. The molecule has 4 aromatic carbocycles. The summed E-state index contributed by atoms with van der Waals surface area (Å²) in [5.74, 6) is 0. The van der Waals surface area contributed by atoms with Gasteiger partial charge in [0.15, 0.2) is 0 Å². The molecule has 0 fully saturated rings. The Morgan fingerprint density at radius 3 is 1.73 bits per heavy atom. The third kappa shape index (κ3) is 5.60. The summed E-state index contributed by atoms with van der Waals surface area (Å²) in [5, 5.41) is 7.57. The Morgan fingerprint density at radius 1 is 0.576 bits per heavy atom. The van der Waals surface area contributed by atoms with E-state index in [-0.39, 0.29) is 0 Å². The molecular formula is C31H34N2. The van der Waals surface area contributed by atoms with Crippen LogP contribution in [0, 0.1) is 0 Å². The van der Waals surface area contributed by atoms with Crippen LogP contribution in [0.3, 0.4) is 0 Å². The molecule has 168 valence electrons. The number of nitrogens with one attached hydrogen (secondary N) is 2. The first-order chi connectivity index (χ1) is 16.3. The van der Waals surface area contributed by atoms with Gasteiger partial charge in [0.2, 0.25) is 0 Å². The number of benzene rings is 4. The monoisotopic (exact) mass is 434 g/mol. The minimum atomic E-state index is -0.416. The zero-order valence-electron chi connectivity index (χ0n) is 19.5. The Morgan fingerprint density at radius 2 is 1.12 bits per heavy atom. The van der Waals surface area contributed by atoms with Crippen LogP contribution >= 0.6 is 0 Å². The number of hydrogen-bond acceptors (Lipinski definition) is 2. The number of hydrogen-bond donors (Lipinski definition) is 2. The molecule has 2 N–H and O–H groups in total. The van der Waals surface area contributed by atoms with Crippen molar-refractivity contribution in [2.75, 3.05) is 13.1 Å². The molecular weight excluding hydrogens is 400 g/mol. The molecule has 4 rings (SSSR count). The molecule has 0 aromatic heterocycles. The third-order valence-corrected chi connectivity index (χ3v) is 6.18. The third-order valence-electron chi connectivity index (χ3n) is 6.18. The Balaban J connectivity index is 1.66. The van der Waals surface area contributed by atoms with Gasteiger partial charge < -0.3 is 5.32 Å². The maximum Gasteiger partial charge on any atom is 0.0948 e. The van der Waals surface area contributed by atoms with Crippen molar-refractivity contribution in [3.63, 3.8) is 0 Å². The molecule has 0 saturated heterocycles. The minimum Gasteiger partial charge on any atom is -0.311 e. The predicted octanol–water partition coefficient (Wildman–Crippen LogP) is 6.31. The highest BCUT2D eigenvalue weighted by molar-refractivity contribution is 5.50. The van der Waals surface area contributed by atoms with E-state index in [0.29, 0.717) is 0 Å². The Labute approximate surface area is 198 Å². The zero-order chi connectivity index (χ0) is 22.8. The van der Waals surface area contributed by atoms with Crippen LogP contribution in [0.1, 0.15) is 41.2 Å². The van der Waals surface area contributed by atoms with E-state index in [1.54, 1.807) is 0 Å². The molecule has 2 nitrogen and oxygen atoms in total. The highest BCUT2D eigenvalue weighted by atomic mass is 15.0. The van der Waals surface area contributed by atoms with E-state index in [1.807, 2.05) is 0 Å². The fourth-order valence-electron chi connectivity index (χ4n) is 4.60. The van der Waals surface area contributed by atoms with Gasteiger partial charge in [0, 0.05) is 19.6 Å². The lowest BCUT2D eigenvalue weighted by molar-refractivity contribution is 0.463. The molecule has 0 radical (unpaired) electrons. The van der Waals surface area contributed by atoms with Crippen LogP contribution in [-0.2, 0) is 18.5 Å². The average Bonchev–Trinajstić information content (AvgIpc) is 2.88. The largest absolute Gasteiger partial charge is 0.311 e. The SMILES string of the molecule is CCCc1cccc(C(NCCNCc2ccccc2)(c2ccccc2)c2ccccc2)c1. The molecule has 4 aromatic rings. The normalized spacial score (nSPS) is 11.4. The first-order valence-electron chi connectivity index (χ1n) is 12.0. The van der Waals surface area contributed by atoms with Crippen LogP contribution in [0.4, 0.5) is 0 Å². The van der Waals surface area contributed by atoms with E-state index >= 15 is 0 Å². The lowest BCUT2D eigenvalue weighted by Crippen LogP contribution is -2.47. The fourth-order valence-corrected chi connectivity index (χ4v) is 4.60. The molecule has 0 aliphatic carbocycles. The molecule has 0 saturated carbocycles. The van der Waals surface area contributed by atoms with Crippen molar-refractivity contribution in [3.8, 4) is 0 Å². The van der Waals surface area contributed by atoms with Crippen LogP contribution in [0.25, 0.3) is 0 Å². The van der Waals surface area contributed by atoms with E-state index in [9.17, 15) is 0 Å². The molecule has 0 spiro atoms. The van der Waals surface area contributed by atoms with Crippen molar-refractivity contribution in [3.05, 3.63) is 143 Å². The van der Waals surface area contributed by atoms with Gasteiger partial charge in [0.25, 0.3) is 0 Å². The lowest BCUT2D eigenvalue weighted by atomic mass is 9.76. The molecule has 0 bridgehead atoms. The van der Waals surface area contributed by atoms with Crippen LogP contribution in [0.15, 0.2) is 115 Å². The van der Waals surface area contributed by atoms with Gasteiger partial charge in [0.1, 0.15) is 0 Å². The average molecular weight is 435 g/mol. The van der Waals surface area contributed by atoms with Gasteiger partial charge in [-0.2, -0.15) is 0 Å². The standard InChI is InChI=1S/C31H34N2/c1-2-13-26-16-12-21-30(24-26)31(28-17-8-4-9-18-28,29-19-10-5-11-20-29)33-23-22-32-25-27-14-6-3-7-15-27/h3-12,14-21,24,32-33H,2,13,22-23,25H2,1H3. The van der Waals surface area contributed by atoms with Gasteiger partial charge in [-0.1, -0.05) is 129 Å². The van der Waals surface area contributed by atoms with Crippen molar-refractivity contribution in [1.82, 2.24) is 10.6 Å². The summed E-state index contributed by atoms with van der Waals surface area (Å²) in [7, 11) is 0. The molecule has 0 aliphatic heterocycles. The highest BCUT2D eigenvalue weighted by Crippen LogP contribution is 2.37. The van der Waals surface area contributed by atoms with E-state index in [0.717, 1.165) is 32.5 Å². The molecule has 0 unspecified atom stereocenters. The Kier molecular flexibility index (Phi) is 8.08. The van der Waals surface area contributed by atoms with Gasteiger partial charge >= 0.3 is 0 Å². The molecule has 33 heavy (non-hydrogen) atoms. The Bertz CT molecular complexity index is 1050. The van der Waals surface area contributed by atoms with Crippen molar-refractivity contribution >= 4 is 0 Å². The summed E-state index contributed by atoms with van der Waals surface area (Å²) in [6, 6.07) is 41.4. The topological polar surface area (TPSA) is 24.1 Å². The van der Waals surface area contributed by atoms with Crippen molar-refractivity contribution < 1.29 is 0 Å². The molecule has 0 atom stereocenters. The van der Waals surface area contributed by atoms with Crippen molar-refractivity contribution in [1.29, 1.82) is 0 Å². The second-order valence-electron chi connectivity index (χ2n) is 8.52. The summed E-state index contributed by atoms with van der Waals surface area (Å²) >= 11 is 0. The molecule has 0 heterocycles. The second kappa shape index (κ2) is 11.6. The van der Waals surface area contributed by atoms with Crippen molar-refractivity contribution in [2.45, 2.75) is 31.8 Å². The van der Waals surface area contributed by atoms with Gasteiger partial charge in [-0.15, -0.1) is 0 Å². The van der Waals surface area contributed by atoms with Gasteiger partial charge in [-0.3, -0.25) is 5.32 Å². The van der Waals surface area contributed by atoms with Crippen LogP contribution < -0.4 is 10.6 Å². The molecule has 0 aliphatic rings. The van der Waals surface area contributed by atoms with Crippen molar-refractivity contribution in [2.24, 2.45) is 0 Å². The van der Waals surface area contributed by atoms with Crippen LogP contribution in [-0.4, -0.2) is 13.1 Å². The Hall–Kier alpha value is -3.20. The van der Waals surface area contributed by atoms with Crippen LogP contribution in [0.2, 0.25) is 0 Å². The summed E-state index contributed by atoms with van der Waals surface area (Å²) in [5.41, 5.74) is 6.08. The second-order valence-corrected chi connectivity index (χ2v) is 8.52. The summed E-state index contributed by atoms with van der Waals surface area (Å²) in [6.07, 6.45) is 2.23. The van der Waals surface area contributed by atoms with E-state index < -0.39 is 5.54 Å². The van der Waals surface area contributed by atoms with Gasteiger partial charge in [-0.05, 0) is 34.2 Å². The van der Waals surface area contributed by atoms with Gasteiger partial charge in [-0.25, -0.2) is 0 Å². The maximum atomic E-state index is 3.98. The summed E-state index contributed by atoms with van der Waals surface area (Å²) < 4.78 is 0. The minimum absolute atomic E-state index is 0.416. The van der Waals surface area contributed by atoms with Crippen LogP contribution in [0.5, 0.6) is 0 Å².